The molecule has 1 heterocycles. The van der Waals surface area contributed by atoms with Crippen molar-refractivity contribution in [1.82, 2.24) is 20.6 Å². The molecule has 0 atom stereocenters. The number of carbonyl (C=O) groups excluding carboxylic acids is 1. The summed E-state index contributed by atoms with van der Waals surface area (Å²) in [5.74, 6) is -0.310. The Balaban J connectivity index is 2.21. The van der Waals surface area contributed by atoms with Gasteiger partial charge in [-0.25, -0.2) is 4.98 Å². The Hall–Kier alpha value is -1.73. The molecule has 0 saturated carbocycles. The fourth-order valence-electron chi connectivity index (χ4n) is 1.12. The Morgan fingerprint density at radius 1 is 1.47 bits per heavy atom. The zero-order valence-electron chi connectivity index (χ0n) is 9.66. The number of hydrogen-bond donors (Lipinski definition) is 3. The maximum Gasteiger partial charge on any atom is 0.271 e. The number of H-pyrrole nitrogens is 1. The first-order valence-corrected chi connectivity index (χ1v) is 5.26. The molecule has 0 aliphatic carbocycles. The molecule has 1 rings (SSSR count). The van der Waals surface area contributed by atoms with Crippen molar-refractivity contribution >= 4 is 5.91 Å². The van der Waals surface area contributed by atoms with Crippen LogP contribution in [-0.4, -0.2) is 49.2 Å². The van der Waals surface area contributed by atoms with Gasteiger partial charge in [-0.15, -0.1) is 0 Å². The van der Waals surface area contributed by atoms with Crippen LogP contribution in [0.2, 0.25) is 0 Å². The van der Waals surface area contributed by atoms with Gasteiger partial charge in [-0.3, -0.25) is 9.59 Å². The van der Waals surface area contributed by atoms with Crippen molar-refractivity contribution in [3.63, 3.8) is 0 Å². The number of methoxy groups -OCH3 is 1. The lowest BCUT2D eigenvalue weighted by Gasteiger charge is -2.05. The van der Waals surface area contributed by atoms with Gasteiger partial charge in [0, 0.05) is 32.9 Å². The molecule has 1 aromatic heterocycles. The molecular formula is C10H16N4O3. The van der Waals surface area contributed by atoms with Crippen molar-refractivity contribution in [2.45, 2.75) is 0 Å². The van der Waals surface area contributed by atoms with Crippen LogP contribution in [0.1, 0.15) is 10.5 Å². The summed E-state index contributed by atoms with van der Waals surface area (Å²) in [5.41, 5.74) is -0.135. The van der Waals surface area contributed by atoms with E-state index in [1.54, 1.807) is 7.11 Å². The van der Waals surface area contributed by atoms with E-state index < -0.39 is 0 Å². The third-order valence-electron chi connectivity index (χ3n) is 1.97. The maximum absolute atomic E-state index is 11.5. The van der Waals surface area contributed by atoms with Gasteiger partial charge in [0.2, 0.25) is 0 Å². The van der Waals surface area contributed by atoms with Crippen LogP contribution in [-0.2, 0) is 4.74 Å². The molecule has 0 bridgehead atoms. The molecule has 94 valence electrons. The first-order valence-electron chi connectivity index (χ1n) is 5.26. The van der Waals surface area contributed by atoms with Gasteiger partial charge in [0.25, 0.3) is 11.5 Å². The molecule has 0 radical (unpaired) electrons. The zero-order chi connectivity index (χ0) is 12.5. The van der Waals surface area contributed by atoms with Gasteiger partial charge in [-0.2, -0.15) is 0 Å². The summed E-state index contributed by atoms with van der Waals surface area (Å²) in [6, 6.07) is 0. The van der Waals surface area contributed by atoms with Crippen LogP contribution < -0.4 is 16.2 Å². The van der Waals surface area contributed by atoms with Crippen molar-refractivity contribution in [1.29, 1.82) is 0 Å². The molecule has 0 aliphatic rings. The molecule has 1 amide bonds. The van der Waals surface area contributed by atoms with Gasteiger partial charge in [-0.1, -0.05) is 0 Å². The smallest absolute Gasteiger partial charge is 0.271 e. The third kappa shape index (κ3) is 5.23. The molecule has 0 aliphatic heterocycles. The number of aromatic amines is 1. The van der Waals surface area contributed by atoms with E-state index in [0.717, 1.165) is 12.7 Å². The molecule has 0 fully saturated rings. The largest absolute Gasteiger partial charge is 0.383 e. The molecule has 0 aromatic carbocycles. The number of rotatable bonds is 7. The van der Waals surface area contributed by atoms with Crippen LogP contribution in [0.4, 0.5) is 0 Å². The zero-order valence-corrected chi connectivity index (χ0v) is 9.66. The summed E-state index contributed by atoms with van der Waals surface area (Å²) < 4.78 is 4.86. The number of amides is 1. The molecular weight excluding hydrogens is 224 g/mol. The normalized spacial score (nSPS) is 10.2. The van der Waals surface area contributed by atoms with E-state index in [9.17, 15) is 9.59 Å². The SMILES string of the molecule is COCCNCCNC(=O)c1c[nH]c(=O)cn1. The predicted molar refractivity (Wildman–Crippen MR) is 61.9 cm³/mol. The average molecular weight is 240 g/mol. The minimum absolute atomic E-state index is 0.196. The second kappa shape index (κ2) is 7.53. The first kappa shape index (κ1) is 13.3. The summed E-state index contributed by atoms with van der Waals surface area (Å²) >= 11 is 0. The Kier molecular flexibility index (Phi) is 5.91. The summed E-state index contributed by atoms with van der Waals surface area (Å²) in [6.07, 6.45) is 2.36. The maximum atomic E-state index is 11.5. The fourth-order valence-corrected chi connectivity index (χ4v) is 1.12. The summed E-state index contributed by atoms with van der Waals surface area (Å²) in [4.78, 5) is 28.3. The number of nitrogens with one attached hydrogen (secondary N) is 3. The highest BCUT2D eigenvalue weighted by Crippen LogP contribution is 1.86. The third-order valence-corrected chi connectivity index (χ3v) is 1.97. The van der Waals surface area contributed by atoms with E-state index in [0.29, 0.717) is 19.7 Å². The highest BCUT2D eigenvalue weighted by Gasteiger charge is 2.05. The standard InChI is InChI=1S/C10H16N4O3/c1-17-5-4-11-2-3-12-10(16)8-6-14-9(15)7-13-8/h6-7,11H,2-5H2,1H3,(H,12,16)(H,14,15). The van der Waals surface area contributed by atoms with Gasteiger partial charge in [0.05, 0.1) is 12.8 Å². The average Bonchev–Trinajstić information content (AvgIpc) is 2.34. The van der Waals surface area contributed by atoms with Crippen molar-refractivity contribution in [3.05, 3.63) is 28.4 Å². The predicted octanol–water partition coefficient (Wildman–Crippen LogP) is -1.26. The lowest BCUT2D eigenvalue weighted by Crippen LogP contribution is -2.33. The van der Waals surface area contributed by atoms with Gasteiger partial charge in [0.1, 0.15) is 5.69 Å². The summed E-state index contributed by atoms with van der Waals surface area (Å²) in [6.45, 7) is 2.51. The summed E-state index contributed by atoms with van der Waals surface area (Å²) in [7, 11) is 1.63. The van der Waals surface area contributed by atoms with Crippen LogP contribution in [0.25, 0.3) is 0 Å². The minimum Gasteiger partial charge on any atom is -0.383 e. The van der Waals surface area contributed by atoms with Gasteiger partial charge < -0.3 is 20.4 Å². The van der Waals surface area contributed by atoms with E-state index in [1.807, 2.05) is 0 Å². The van der Waals surface area contributed by atoms with Crippen LogP contribution in [0, 0.1) is 0 Å². The number of carbonyl (C=O) groups is 1. The highest BCUT2D eigenvalue weighted by atomic mass is 16.5. The topological polar surface area (TPSA) is 96.1 Å². The monoisotopic (exact) mass is 240 g/mol. The Morgan fingerprint density at radius 3 is 2.94 bits per heavy atom. The lowest BCUT2D eigenvalue weighted by molar-refractivity contribution is 0.0948. The van der Waals surface area contributed by atoms with E-state index in [1.165, 1.54) is 6.20 Å². The van der Waals surface area contributed by atoms with Crippen molar-refractivity contribution < 1.29 is 9.53 Å². The highest BCUT2D eigenvalue weighted by molar-refractivity contribution is 5.91. The molecule has 1 aromatic rings. The van der Waals surface area contributed by atoms with Gasteiger partial charge in [-0.05, 0) is 0 Å². The summed E-state index contributed by atoms with van der Waals surface area (Å²) in [5, 5.41) is 5.75. The molecule has 3 N–H and O–H groups in total. The number of nitrogens with zero attached hydrogens (tertiary/aromatic N) is 1. The lowest BCUT2D eigenvalue weighted by atomic mass is 10.4. The number of aromatic nitrogens is 2. The van der Waals surface area contributed by atoms with Crippen LogP contribution in [0.15, 0.2) is 17.2 Å². The molecule has 0 spiro atoms. The Labute approximate surface area is 98.6 Å². The Morgan fingerprint density at radius 2 is 2.29 bits per heavy atom. The van der Waals surface area contributed by atoms with Crippen LogP contribution in [0.3, 0.4) is 0 Å². The van der Waals surface area contributed by atoms with Crippen molar-refractivity contribution in [2.24, 2.45) is 0 Å². The van der Waals surface area contributed by atoms with E-state index in [2.05, 4.69) is 20.6 Å². The molecule has 0 saturated heterocycles. The van der Waals surface area contributed by atoms with Gasteiger partial charge >= 0.3 is 0 Å². The molecule has 7 heteroatoms. The fraction of sp³-hybridized carbons (Fsp3) is 0.500. The minimum atomic E-state index is -0.331. The van der Waals surface area contributed by atoms with E-state index in [-0.39, 0.29) is 17.2 Å². The van der Waals surface area contributed by atoms with E-state index >= 15 is 0 Å². The van der Waals surface area contributed by atoms with E-state index in [4.69, 9.17) is 4.74 Å². The second-order valence-electron chi connectivity index (χ2n) is 3.30. The van der Waals surface area contributed by atoms with Gasteiger partial charge in [0.15, 0.2) is 0 Å². The van der Waals surface area contributed by atoms with Crippen LogP contribution >= 0.6 is 0 Å². The second-order valence-corrected chi connectivity index (χ2v) is 3.30. The quantitative estimate of drug-likeness (QED) is 0.517. The molecule has 17 heavy (non-hydrogen) atoms. The van der Waals surface area contributed by atoms with Crippen molar-refractivity contribution in [2.75, 3.05) is 33.4 Å². The first-order chi connectivity index (χ1) is 8.24. The molecule has 0 unspecified atom stereocenters. The number of hydrogen-bond acceptors (Lipinski definition) is 5. The molecule has 7 nitrogen and oxygen atoms in total. The van der Waals surface area contributed by atoms with Crippen LogP contribution in [0.5, 0.6) is 0 Å². The van der Waals surface area contributed by atoms with Crippen molar-refractivity contribution in [3.8, 4) is 0 Å². The Bertz CT molecular complexity index is 384. The number of ether oxygens (including phenoxy) is 1.